The summed E-state index contributed by atoms with van der Waals surface area (Å²) in [6, 6.07) is 8.04. The maximum atomic E-state index is 13.3. The largest absolute Gasteiger partial charge is 0.506 e. The van der Waals surface area contributed by atoms with Crippen molar-refractivity contribution in [2.45, 2.75) is 38.7 Å². The third-order valence-electron chi connectivity index (χ3n) is 5.85. The lowest BCUT2D eigenvalue weighted by Crippen LogP contribution is -2.44. The Bertz CT molecular complexity index is 1480. The molecule has 0 saturated heterocycles. The van der Waals surface area contributed by atoms with Crippen LogP contribution in [0.2, 0.25) is 0 Å². The van der Waals surface area contributed by atoms with E-state index in [-0.39, 0.29) is 17.2 Å². The number of H-pyrrole nitrogens is 1. The van der Waals surface area contributed by atoms with Gasteiger partial charge < -0.3 is 35.1 Å². The fourth-order valence-electron chi connectivity index (χ4n) is 3.73. The molecule has 0 bridgehead atoms. The van der Waals surface area contributed by atoms with Gasteiger partial charge in [-0.15, -0.1) is 0 Å². The number of benzene rings is 2. The molecule has 2 aromatic heterocycles. The Labute approximate surface area is 198 Å². The first kappa shape index (κ1) is 24.3. The second-order valence-electron chi connectivity index (χ2n) is 8.32. The number of aliphatic hydroxyl groups excluding tert-OH is 4. The van der Waals surface area contributed by atoms with Gasteiger partial charge in [0.15, 0.2) is 5.69 Å². The second kappa shape index (κ2) is 9.43. The summed E-state index contributed by atoms with van der Waals surface area (Å²) in [5.74, 6) is -0.984. The Morgan fingerprint density at radius 2 is 1.83 bits per heavy atom. The smallest absolute Gasteiger partial charge is 0.282 e. The van der Waals surface area contributed by atoms with Crippen molar-refractivity contribution >= 4 is 33.9 Å². The first-order chi connectivity index (χ1) is 16.6. The number of phenolic OH excluding ortho intramolecular Hbond substituents is 1. The number of carbonyl (C=O) groups is 1. The summed E-state index contributed by atoms with van der Waals surface area (Å²) in [5, 5.41) is 51.6. The lowest BCUT2D eigenvalue weighted by atomic mass is 10.1. The van der Waals surface area contributed by atoms with Crippen LogP contribution in [0.5, 0.6) is 5.75 Å². The number of aromatic nitrogens is 4. The van der Waals surface area contributed by atoms with Crippen LogP contribution < -0.4 is 10.9 Å². The summed E-state index contributed by atoms with van der Waals surface area (Å²) < 4.78 is 1.09. The van der Waals surface area contributed by atoms with E-state index in [0.717, 1.165) is 15.7 Å². The highest BCUT2D eigenvalue weighted by Crippen LogP contribution is 2.24. The number of phenols is 1. The van der Waals surface area contributed by atoms with Gasteiger partial charge in [-0.05, 0) is 49.2 Å². The highest BCUT2D eigenvalue weighted by Gasteiger charge is 2.27. The van der Waals surface area contributed by atoms with Crippen molar-refractivity contribution in [1.82, 2.24) is 19.5 Å². The number of rotatable bonds is 7. The highest BCUT2D eigenvalue weighted by molar-refractivity contribution is 6.03. The van der Waals surface area contributed by atoms with Crippen LogP contribution in [-0.2, 0) is 6.54 Å². The Kier molecular flexibility index (Phi) is 6.54. The highest BCUT2D eigenvalue weighted by atomic mass is 16.4. The fraction of sp³-hybridized carbons (Fsp3) is 0.304. The Morgan fingerprint density at radius 3 is 2.51 bits per heavy atom. The quantitative estimate of drug-likeness (QED) is 0.188. The molecule has 0 radical (unpaired) electrons. The lowest BCUT2D eigenvalue weighted by Gasteiger charge is -2.23. The molecule has 12 heteroatoms. The molecule has 2 heterocycles. The zero-order chi connectivity index (χ0) is 25.4. The third-order valence-corrected chi connectivity index (χ3v) is 5.85. The summed E-state index contributed by atoms with van der Waals surface area (Å²) in [6.45, 7) is 2.39. The molecular formula is C23H25N5O7. The molecule has 2 aromatic carbocycles. The van der Waals surface area contributed by atoms with Gasteiger partial charge in [-0.3, -0.25) is 14.9 Å². The van der Waals surface area contributed by atoms with Crippen molar-refractivity contribution in [2.24, 2.45) is 0 Å². The van der Waals surface area contributed by atoms with Crippen molar-refractivity contribution in [3.63, 3.8) is 0 Å². The summed E-state index contributed by atoms with van der Waals surface area (Å²) in [7, 11) is 0. The minimum Gasteiger partial charge on any atom is -0.506 e. The first-order valence-corrected chi connectivity index (χ1v) is 10.8. The first-order valence-electron chi connectivity index (χ1n) is 10.8. The van der Waals surface area contributed by atoms with Crippen molar-refractivity contribution in [3.05, 3.63) is 57.5 Å². The number of aliphatic hydroxyl groups is 4. The van der Waals surface area contributed by atoms with Gasteiger partial charge in [-0.1, -0.05) is 6.07 Å². The number of fused-ring (bicyclic) bond motifs is 2. The van der Waals surface area contributed by atoms with Crippen LogP contribution in [0, 0.1) is 13.8 Å². The molecular weight excluding hydrogens is 458 g/mol. The minimum absolute atomic E-state index is 0.0130. The van der Waals surface area contributed by atoms with Gasteiger partial charge >= 0.3 is 0 Å². The summed E-state index contributed by atoms with van der Waals surface area (Å²) in [6.07, 6.45) is -4.98. The van der Waals surface area contributed by atoms with Crippen LogP contribution in [0.3, 0.4) is 0 Å². The van der Waals surface area contributed by atoms with Crippen LogP contribution >= 0.6 is 0 Å². The molecule has 4 aromatic rings. The number of aromatic hydroxyl groups is 1. The van der Waals surface area contributed by atoms with E-state index in [9.17, 15) is 30.0 Å². The van der Waals surface area contributed by atoms with Crippen LogP contribution in [-0.4, -0.2) is 75.9 Å². The molecule has 4 rings (SSSR count). The van der Waals surface area contributed by atoms with Crippen LogP contribution in [0.25, 0.3) is 22.1 Å². The normalized spacial score (nSPS) is 14.2. The Hall–Kier alpha value is -3.84. The van der Waals surface area contributed by atoms with Crippen molar-refractivity contribution in [3.8, 4) is 5.75 Å². The molecule has 12 nitrogen and oxygen atoms in total. The minimum atomic E-state index is -1.73. The Morgan fingerprint density at radius 1 is 1.11 bits per heavy atom. The van der Waals surface area contributed by atoms with Gasteiger partial charge in [0.2, 0.25) is 5.95 Å². The van der Waals surface area contributed by atoms with E-state index in [1.54, 1.807) is 24.3 Å². The van der Waals surface area contributed by atoms with Gasteiger partial charge in [0.1, 0.15) is 29.6 Å². The van der Waals surface area contributed by atoms with Gasteiger partial charge in [-0.25, -0.2) is 9.97 Å². The molecule has 0 saturated carbocycles. The summed E-state index contributed by atoms with van der Waals surface area (Å²) in [5.41, 5.74) is 1.66. The van der Waals surface area contributed by atoms with Gasteiger partial charge in [0.05, 0.1) is 29.7 Å². The molecule has 0 aliphatic heterocycles. The molecule has 7 N–H and O–H groups in total. The van der Waals surface area contributed by atoms with E-state index in [4.69, 9.17) is 5.11 Å². The molecule has 1 amide bonds. The van der Waals surface area contributed by atoms with Gasteiger partial charge in [0, 0.05) is 0 Å². The number of para-hydroxylation sites is 1. The average molecular weight is 483 g/mol. The maximum Gasteiger partial charge on any atom is 0.282 e. The van der Waals surface area contributed by atoms with E-state index in [2.05, 4.69) is 20.3 Å². The van der Waals surface area contributed by atoms with E-state index < -0.39 is 48.6 Å². The number of nitrogens with zero attached hydrogens (tertiary/aromatic N) is 3. The Balaban J connectivity index is 1.77. The monoisotopic (exact) mass is 483 g/mol. The number of hydrogen-bond donors (Lipinski definition) is 7. The van der Waals surface area contributed by atoms with E-state index >= 15 is 0 Å². The van der Waals surface area contributed by atoms with Crippen molar-refractivity contribution < 1.29 is 30.3 Å². The molecule has 0 aliphatic rings. The number of anilines is 1. The number of nitrogens with one attached hydrogen (secondary N) is 2. The van der Waals surface area contributed by atoms with Crippen LogP contribution in [0.1, 0.15) is 21.6 Å². The maximum absolute atomic E-state index is 13.3. The SMILES string of the molecule is Cc1cc2nc(C(=O)Nc3nc4c(O)cccc4[nH]3)c(=O)n(CC(O)C(O)C(O)CO)c2cc1C. The second-order valence-corrected chi connectivity index (χ2v) is 8.32. The number of amides is 1. The van der Waals surface area contributed by atoms with Crippen LogP contribution in [0.4, 0.5) is 5.95 Å². The molecule has 0 aliphatic carbocycles. The molecule has 3 unspecified atom stereocenters. The predicted molar refractivity (Wildman–Crippen MR) is 126 cm³/mol. The van der Waals surface area contributed by atoms with Crippen LogP contribution in [0.15, 0.2) is 35.1 Å². The lowest BCUT2D eigenvalue weighted by molar-refractivity contribution is -0.0805. The molecule has 184 valence electrons. The van der Waals surface area contributed by atoms with E-state index in [0.29, 0.717) is 16.6 Å². The van der Waals surface area contributed by atoms with Crippen molar-refractivity contribution in [2.75, 3.05) is 11.9 Å². The molecule has 3 atom stereocenters. The number of imidazole rings is 1. The predicted octanol–water partition coefficient (Wildman–Crippen LogP) is -0.0775. The topological polar surface area (TPSA) is 194 Å². The number of aryl methyl sites for hydroxylation is 2. The summed E-state index contributed by atoms with van der Waals surface area (Å²) in [4.78, 5) is 37.5. The zero-order valence-electron chi connectivity index (χ0n) is 18.9. The third kappa shape index (κ3) is 4.59. The van der Waals surface area contributed by atoms with E-state index in [1.807, 2.05) is 13.8 Å². The summed E-state index contributed by atoms with van der Waals surface area (Å²) >= 11 is 0. The fourth-order valence-corrected chi connectivity index (χ4v) is 3.73. The number of aromatic amines is 1. The van der Waals surface area contributed by atoms with Gasteiger partial charge in [0.25, 0.3) is 11.5 Å². The standard InChI is InChI=1S/C23H25N5O7/c1-10-6-13-14(7-11(10)2)28(8-16(31)20(33)17(32)9-29)22(35)19(24-13)21(34)27-23-25-12-4-3-5-15(30)18(12)26-23/h3-7,16-17,20,29-33H,8-9H2,1-2H3,(H2,25,26,27,34). The van der Waals surface area contributed by atoms with Gasteiger partial charge in [-0.2, -0.15) is 0 Å². The molecule has 35 heavy (non-hydrogen) atoms. The van der Waals surface area contributed by atoms with Crippen molar-refractivity contribution in [1.29, 1.82) is 0 Å². The molecule has 0 fully saturated rings. The molecule has 0 spiro atoms. The number of carbonyl (C=O) groups excluding carboxylic acids is 1. The van der Waals surface area contributed by atoms with E-state index in [1.165, 1.54) is 6.07 Å². The number of hydrogen-bond acceptors (Lipinski definition) is 9. The zero-order valence-corrected chi connectivity index (χ0v) is 18.9. The average Bonchev–Trinajstić information content (AvgIpc) is 3.24.